The van der Waals surface area contributed by atoms with Crippen LogP contribution in [0.15, 0.2) is 53.4 Å². The molecule has 2 aromatic carbocycles. The normalized spacial score (nSPS) is 15.4. The first kappa shape index (κ1) is 17.6. The third-order valence-corrected chi connectivity index (χ3v) is 5.50. The van der Waals surface area contributed by atoms with Crippen molar-refractivity contribution in [2.45, 2.75) is 17.8 Å². The Morgan fingerprint density at radius 3 is 2.60 bits per heavy atom. The Kier molecular flexibility index (Phi) is 4.61. The van der Waals surface area contributed by atoms with E-state index >= 15 is 0 Å². The first-order valence-corrected chi connectivity index (χ1v) is 8.88. The van der Waals surface area contributed by atoms with E-state index in [1.165, 1.54) is 16.4 Å². The lowest BCUT2D eigenvalue weighted by atomic mass is 10.2. The minimum absolute atomic E-state index is 0.170. The quantitative estimate of drug-likeness (QED) is 0.900. The van der Waals surface area contributed by atoms with Crippen molar-refractivity contribution in [2.24, 2.45) is 0 Å². The molecule has 9 heteroatoms. The molecule has 0 radical (unpaired) electrons. The molecule has 0 aliphatic carbocycles. The Balaban J connectivity index is 2.01. The Morgan fingerprint density at radius 1 is 1.08 bits per heavy atom. The summed E-state index contributed by atoms with van der Waals surface area (Å²) in [7, 11) is -4.03. The molecule has 0 aromatic heterocycles. The summed E-state index contributed by atoms with van der Waals surface area (Å²) in [5.74, 6) is -0.574. The van der Waals surface area contributed by atoms with E-state index in [2.05, 4.69) is 10.1 Å². The molecule has 0 spiro atoms. The minimum atomic E-state index is -4.89. The second-order valence-corrected chi connectivity index (χ2v) is 7.27. The van der Waals surface area contributed by atoms with Crippen LogP contribution in [0.5, 0.6) is 5.75 Å². The van der Waals surface area contributed by atoms with Crippen LogP contribution in [0.3, 0.4) is 0 Å². The monoisotopic (exact) mass is 372 g/mol. The van der Waals surface area contributed by atoms with Gasteiger partial charge in [-0.05, 0) is 23.8 Å². The lowest BCUT2D eigenvalue weighted by Gasteiger charge is -2.24. The second-order valence-electron chi connectivity index (χ2n) is 5.41. The summed E-state index contributed by atoms with van der Waals surface area (Å²) < 4.78 is 68.1. The zero-order valence-corrected chi connectivity index (χ0v) is 13.8. The van der Waals surface area contributed by atoms with Gasteiger partial charge in [0.1, 0.15) is 5.75 Å². The SMILES string of the molecule is O=S(=O)(c1cccc(OC(F)(F)F)c1)N1CCNCc2ccccc21. The molecule has 0 saturated carbocycles. The van der Waals surface area contributed by atoms with Crippen LogP contribution in [0.1, 0.15) is 5.56 Å². The predicted octanol–water partition coefficient (Wildman–Crippen LogP) is 2.88. The average molecular weight is 372 g/mol. The number of benzene rings is 2. The number of para-hydroxylation sites is 1. The molecular weight excluding hydrogens is 357 g/mol. The first-order chi connectivity index (χ1) is 11.8. The number of rotatable bonds is 3. The van der Waals surface area contributed by atoms with Crippen LogP contribution in [0.4, 0.5) is 18.9 Å². The van der Waals surface area contributed by atoms with E-state index in [0.29, 0.717) is 18.8 Å². The molecule has 2 aromatic rings. The lowest BCUT2D eigenvalue weighted by Crippen LogP contribution is -2.34. The largest absolute Gasteiger partial charge is 0.573 e. The highest BCUT2D eigenvalue weighted by Crippen LogP contribution is 2.30. The van der Waals surface area contributed by atoms with Crippen LogP contribution in [-0.4, -0.2) is 27.9 Å². The number of hydrogen-bond donors (Lipinski definition) is 1. The number of nitrogens with one attached hydrogen (secondary N) is 1. The van der Waals surface area contributed by atoms with Crippen LogP contribution in [0, 0.1) is 0 Å². The third kappa shape index (κ3) is 3.88. The molecule has 0 unspecified atom stereocenters. The zero-order chi connectivity index (χ0) is 18.1. The highest BCUT2D eigenvalue weighted by molar-refractivity contribution is 7.92. The summed E-state index contributed by atoms with van der Waals surface area (Å²) in [4.78, 5) is -0.258. The van der Waals surface area contributed by atoms with Gasteiger partial charge in [-0.25, -0.2) is 8.42 Å². The smallest absolute Gasteiger partial charge is 0.406 e. The van der Waals surface area contributed by atoms with Gasteiger partial charge in [-0.3, -0.25) is 4.31 Å². The molecular formula is C16H15F3N2O3S. The van der Waals surface area contributed by atoms with Gasteiger partial charge in [0.05, 0.1) is 10.6 Å². The van der Waals surface area contributed by atoms with E-state index in [1.807, 2.05) is 0 Å². The molecule has 3 rings (SSSR count). The van der Waals surface area contributed by atoms with Crippen molar-refractivity contribution in [1.82, 2.24) is 5.32 Å². The molecule has 0 fully saturated rings. The van der Waals surface area contributed by atoms with Gasteiger partial charge in [-0.2, -0.15) is 0 Å². The zero-order valence-electron chi connectivity index (χ0n) is 13.0. The summed E-state index contributed by atoms with van der Waals surface area (Å²) in [5, 5.41) is 3.12. The molecule has 5 nitrogen and oxygen atoms in total. The highest BCUT2D eigenvalue weighted by atomic mass is 32.2. The predicted molar refractivity (Wildman–Crippen MR) is 85.8 cm³/mol. The molecule has 0 atom stereocenters. The van der Waals surface area contributed by atoms with Gasteiger partial charge in [0.15, 0.2) is 0 Å². The van der Waals surface area contributed by atoms with Crippen LogP contribution in [0.2, 0.25) is 0 Å². The fraction of sp³-hybridized carbons (Fsp3) is 0.250. The molecule has 1 N–H and O–H groups in total. The van der Waals surface area contributed by atoms with Gasteiger partial charge in [0.2, 0.25) is 0 Å². The number of sulfonamides is 1. The summed E-state index contributed by atoms with van der Waals surface area (Å²) in [6.45, 7) is 1.11. The van der Waals surface area contributed by atoms with Crippen molar-refractivity contribution >= 4 is 15.7 Å². The summed E-state index contributed by atoms with van der Waals surface area (Å²) in [5.41, 5.74) is 1.31. The summed E-state index contributed by atoms with van der Waals surface area (Å²) in [6, 6.07) is 11.4. The van der Waals surface area contributed by atoms with Crippen molar-refractivity contribution in [1.29, 1.82) is 0 Å². The van der Waals surface area contributed by atoms with Crippen molar-refractivity contribution in [3.63, 3.8) is 0 Å². The van der Waals surface area contributed by atoms with E-state index in [-0.39, 0.29) is 11.4 Å². The molecule has 1 heterocycles. The van der Waals surface area contributed by atoms with Crippen molar-refractivity contribution in [3.05, 3.63) is 54.1 Å². The molecule has 25 heavy (non-hydrogen) atoms. The van der Waals surface area contributed by atoms with Gasteiger partial charge in [-0.1, -0.05) is 24.3 Å². The Labute approximate surface area is 143 Å². The van der Waals surface area contributed by atoms with E-state index in [4.69, 9.17) is 0 Å². The number of hydrogen-bond acceptors (Lipinski definition) is 4. The van der Waals surface area contributed by atoms with Crippen molar-refractivity contribution < 1.29 is 26.3 Å². The van der Waals surface area contributed by atoms with E-state index in [1.54, 1.807) is 24.3 Å². The van der Waals surface area contributed by atoms with Crippen LogP contribution in [0.25, 0.3) is 0 Å². The Hall–Kier alpha value is -2.26. The first-order valence-electron chi connectivity index (χ1n) is 7.44. The third-order valence-electron chi connectivity index (χ3n) is 3.69. The number of halogens is 3. The van der Waals surface area contributed by atoms with Gasteiger partial charge in [0.25, 0.3) is 10.0 Å². The van der Waals surface area contributed by atoms with Crippen molar-refractivity contribution in [3.8, 4) is 5.75 Å². The molecule has 0 saturated heterocycles. The van der Waals surface area contributed by atoms with Gasteiger partial charge in [0, 0.05) is 25.7 Å². The number of anilines is 1. The number of ether oxygens (including phenoxy) is 1. The van der Waals surface area contributed by atoms with Crippen LogP contribution in [-0.2, 0) is 16.6 Å². The van der Waals surface area contributed by atoms with E-state index in [0.717, 1.165) is 17.7 Å². The summed E-state index contributed by atoms with van der Waals surface area (Å²) >= 11 is 0. The topological polar surface area (TPSA) is 58.6 Å². The van der Waals surface area contributed by atoms with E-state index < -0.39 is 22.1 Å². The molecule has 1 aliphatic rings. The maximum Gasteiger partial charge on any atom is 0.573 e. The molecule has 0 amide bonds. The molecule has 134 valence electrons. The summed E-state index contributed by atoms with van der Waals surface area (Å²) in [6.07, 6.45) is -4.89. The highest BCUT2D eigenvalue weighted by Gasteiger charge is 2.32. The Morgan fingerprint density at radius 2 is 1.84 bits per heavy atom. The maximum absolute atomic E-state index is 13.0. The standard InChI is InChI=1S/C16H15F3N2O3S/c17-16(18,19)24-13-5-3-6-14(10-13)25(22,23)21-9-8-20-11-12-4-1-2-7-15(12)21/h1-7,10,20H,8-9,11H2. The molecule has 0 bridgehead atoms. The number of alkyl halides is 3. The lowest BCUT2D eigenvalue weighted by molar-refractivity contribution is -0.274. The minimum Gasteiger partial charge on any atom is -0.406 e. The fourth-order valence-electron chi connectivity index (χ4n) is 2.64. The van der Waals surface area contributed by atoms with Gasteiger partial charge >= 0.3 is 6.36 Å². The number of nitrogens with zero attached hydrogens (tertiary/aromatic N) is 1. The fourth-order valence-corrected chi connectivity index (χ4v) is 4.18. The average Bonchev–Trinajstić information content (AvgIpc) is 2.76. The maximum atomic E-state index is 13.0. The number of fused-ring (bicyclic) bond motifs is 1. The Bertz CT molecular complexity index is 869. The van der Waals surface area contributed by atoms with Gasteiger partial charge < -0.3 is 10.1 Å². The second kappa shape index (κ2) is 6.57. The van der Waals surface area contributed by atoms with E-state index in [9.17, 15) is 21.6 Å². The molecule has 1 aliphatic heterocycles. The van der Waals surface area contributed by atoms with Crippen LogP contribution >= 0.6 is 0 Å². The van der Waals surface area contributed by atoms with Crippen molar-refractivity contribution in [2.75, 3.05) is 17.4 Å². The van der Waals surface area contributed by atoms with Gasteiger partial charge in [-0.15, -0.1) is 13.2 Å². The van der Waals surface area contributed by atoms with Crippen LogP contribution < -0.4 is 14.4 Å².